The number of aromatic nitrogens is 4. The molecule has 0 aliphatic rings. The molecule has 2 aromatic heterocycles. The average molecular weight is 367 g/mol. The highest BCUT2D eigenvalue weighted by molar-refractivity contribution is 7.99. The van der Waals surface area contributed by atoms with Crippen molar-refractivity contribution < 1.29 is 4.79 Å². The third kappa shape index (κ3) is 4.49. The van der Waals surface area contributed by atoms with Gasteiger partial charge in [0.25, 0.3) is 5.91 Å². The van der Waals surface area contributed by atoms with Crippen LogP contribution >= 0.6 is 11.8 Å². The summed E-state index contributed by atoms with van der Waals surface area (Å²) in [6.07, 6.45) is 3.46. The zero-order valence-electron chi connectivity index (χ0n) is 15.1. The number of aryl methyl sites for hydroxylation is 2. The molecular formula is C19H21N5OS. The summed E-state index contributed by atoms with van der Waals surface area (Å²) in [4.78, 5) is 21.1. The van der Waals surface area contributed by atoms with Crippen molar-refractivity contribution in [2.45, 2.75) is 32.5 Å². The maximum atomic E-state index is 12.5. The first-order valence-electron chi connectivity index (χ1n) is 8.42. The second kappa shape index (κ2) is 8.14. The highest BCUT2D eigenvalue weighted by atomic mass is 32.2. The van der Waals surface area contributed by atoms with Crippen LogP contribution in [0.1, 0.15) is 34.2 Å². The van der Waals surface area contributed by atoms with Crippen molar-refractivity contribution in [1.29, 1.82) is 0 Å². The van der Waals surface area contributed by atoms with Gasteiger partial charge in [0.2, 0.25) is 0 Å². The lowest BCUT2D eigenvalue weighted by Gasteiger charge is -2.06. The summed E-state index contributed by atoms with van der Waals surface area (Å²) in [6, 6.07) is 9.86. The Morgan fingerprint density at radius 2 is 2.04 bits per heavy atom. The molecule has 0 fully saturated rings. The van der Waals surface area contributed by atoms with Crippen LogP contribution in [0.15, 0.2) is 47.9 Å². The highest BCUT2D eigenvalue weighted by Gasteiger charge is 2.12. The maximum Gasteiger partial charge on any atom is 0.274 e. The van der Waals surface area contributed by atoms with Crippen LogP contribution in [0.2, 0.25) is 0 Å². The van der Waals surface area contributed by atoms with E-state index in [1.165, 1.54) is 22.9 Å². The molecule has 0 unspecified atom stereocenters. The lowest BCUT2D eigenvalue weighted by atomic mass is 10.1. The van der Waals surface area contributed by atoms with Crippen LogP contribution in [0.5, 0.6) is 0 Å². The number of hydrogen-bond donors (Lipinski definition) is 1. The van der Waals surface area contributed by atoms with Gasteiger partial charge in [-0.2, -0.15) is 5.10 Å². The van der Waals surface area contributed by atoms with E-state index in [4.69, 9.17) is 0 Å². The Labute approximate surface area is 157 Å². The van der Waals surface area contributed by atoms with E-state index >= 15 is 0 Å². The molecular weight excluding hydrogens is 346 g/mol. The van der Waals surface area contributed by atoms with Gasteiger partial charge in [-0.25, -0.2) is 9.97 Å². The summed E-state index contributed by atoms with van der Waals surface area (Å²) < 4.78 is 1.81. The predicted molar refractivity (Wildman–Crippen MR) is 104 cm³/mol. The van der Waals surface area contributed by atoms with Crippen LogP contribution in [-0.4, -0.2) is 31.4 Å². The summed E-state index contributed by atoms with van der Waals surface area (Å²) in [7, 11) is 0. The van der Waals surface area contributed by atoms with Gasteiger partial charge in [0.1, 0.15) is 5.69 Å². The summed E-state index contributed by atoms with van der Waals surface area (Å²) in [5.74, 6) is 0.597. The van der Waals surface area contributed by atoms with Gasteiger partial charge >= 0.3 is 0 Å². The topological polar surface area (TPSA) is 72.7 Å². The molecule has 0 saturated carbocycles. The number of carbonyl (C=O) groups is 1. The van der Waals surface area contributed by atoms with Crippen LogP contribution < -0.4 is 5.32 Å². The quantitative estimate of drug-likeness (QED) is 0.531. The Balaban J connectivity index is 1.71. The average Bonchev–Trinajstić information content (AvgIpc) is 3.04. The van der Waals surface area contributed by atoms with Gasteiger partial charge in [0, 0.05) is 11.9 Å². The Kier molecular flexibility index (Phi) is 5.68. The number of carbonyl (C=O) groups excluding carboxylic acids is 1. The molecule has 1 N–H and O–H groups in total. The van der Waals surface area contributed by atoms with Gasteiger partial charge in [-0.15, -0.1) is 0 Å². The SMILES string of the molecule is CCSc1nc(C)cc(C(=O)Nc2cnn(Cc3ccccc3C)c2)n1. The molecule has 0 spiro atoms. The molecule has 1 amide bonds. The number of rotatable bonds is 6. The molecule has 3 rings (SSSR count). The molecule has 0 aliphatic carbocycles. The molecule has 0 bridgehead atoms. The Morgan fingerprint density at radius 3 is 2.81 bits per heavy atom. The first-order chi connectivity index (χ1) is 12.5. The lowest BCUT2D eigenvalue weighted by molar-refractivity contribution is 0.102. The van der Waals surface area contributed by atoms with E-state index < -0.39 is 0 Å². The van der Waals surface area contributed by atoms with Gasteiger partial charge < -0.3 is 5.32 Å². The van der Waals surface area contributed by atoms with Crippen LogP contribution in [-0.2, 0) is 6.54 Å². The number of amides is 1. The zero-order chi connectivity index (χ0) is 18.5. The largest absolute Gasteiger partial charge is 0.318 e. The first-order valence-corrected chi connectivity index (χ1v) is 9.40. The van der Waals surface area contributed by atoms with Crippen molar-refractivity contribution in [2.24, 2.45) is 0 Å². The van der Waals surface area contributed by atoms with Crippen LogP contribution in [0.4, 0.5) is 5.69 Å². The normalized spacial score (nSPS) is 10.7. The summed E-state index contributed by atoms with van der Waals surface area (Å²) >= 11 is 1.52. The molecule has 0 saturated heterocycles. The number of nitrogens with zero attached hydrogens (tertiary/aromatic N) is 4. The van der Waals surface area contributed by atoms with Gasteiger partial charge in [-0.05, 0) is 36.8 Å². The minimum Gasteiger partial charge on any atom is -0.318 e. The third-order valence-electron chi connectivity index (χ3n) is 3.82. The predicted octanol–water partition coefficient (Wildman–Crippen LogP) is 3.70. The molecule has 0 atom stereocenters. The fourth-order valence-corrected chi connectivity index (χ4v) is 3.15. The Bertz CT molecular complexity index is 922. The first kappa shape index (κ1) is 18.1. The monoisotopic (exact) mass is 367 g/mol. The fraction of sp³-hybridized carbons (Fsp3) is 0.263. The minimum absolute atomic E-state index is 0.260. The van der Waals surface area contributed by atoms with E-state index in [0.717, 1.165) is 11.4 Å². The summed E-state index contributed by atoms with van der Waals surface area (Å²) in [6.45, 7) is 6.62. The number of benzene rings is 1. The minimum atomic E-state index is -0.260. The summed E-state index contributed by atoms with van der Waals surface area (Å²) in [5, 5.41) is 7.80. The molecule has 134 valence electrons. The molecule has 2 heterocycles. The standard InChI is InChI=1S/C19H21N5OS/c1-4-26-19-21-14(3)9-17(23-19)18(25)22-16-10-20-24(12-16)11-15-8-6-5-7-13(15)2/h5-10,12H,4,11H2,1-3H3,(H,22,25). The lowest BCUT2D eigenvalue weighted by Crippen LogP contribution is -2.14. The Morgan fingerprint density at radius 1 is 1.23 bits per heavy atom. The fourth-order valence-electron chi connectivity index (χ4n) is 2.52. The smallest absolute Gasteiger partial charge is 0.274 e. The highest BCUT2D eigenvalue weighted by Crippen LogP contribution is 2.15. The molecule has 3 aromatic rings. The van der Waals surface area contributed by atoms with Gasteiger partial charge in [0.15, 0.2) is 5.16 Å². The molecule has 7 heteroatoms. The molecule has 6 nitrogen and oxygen atoms in total. The number of anilines is 1. The van der Waals surface area contributed by atoms with Gasteiger partial charge in [-0.1, -0.05) is 43.0 Å². The van der Waals surface area contributed by atoms with Crippen molar-refractivity contribution in [2.75, 3.05) is 11.1 Å². The van der Waals surface area contributed by atoms with Crippen molar-refractivity contribution in [3.05, 3.63) is 65.2 Å². The van der Waals surface area contributed by atoms with Gasteiger partial charge in [0.05, 0.1) is 18.4 Å². The van der Waals surface area contributed by atoms with E-state index in [1.807, 2.05) is 36.9 Å². The second-order valence-electron chi connectivity index (χ2n) is 5.92. The zero-order valence-corrected chi connectivity index (χ0v) is 15.9. The summed E-state index contributed by atoms with van der Waals surface area (Å²) in [5.41, 5.74) is 4.19. The van der Waals surface area contributed by atoms with Crippen LogP contribution in [0.3, 0.4) is 0 Å². The Hall–Kier alpha value is -2.67. The molecule has 1 aromatic carbocycles. The van der Waals surface area contributed by atoms with E-state index in [-0.39, 0.29) is 5.91 Å². The van der Waals surface area contributed by atoms with Crippen LogP contribution in [0, 0.1) is 13.8 Å². The molecule has 26 heavy (non-hydrogen) atoms. The maximum absolute atomic E-state index is 12.5. The van der Waals surface area contributed by atoms with E-state index in [0.29, 0.717) is 23.1 Å². The molecule has 0 aliphatic heterocycles. The van der Waals surface area contributed by atoms with Crippen LogP contribution in [0.25, 0.3) is 0 Å². The van der Waals surface area contributed by atoms with Crippen molar-refractivity contribution in [3.8, 4) is 0 Å². The number of nitrogens with one attached hydrogen (secondary N) is 1. The van der Waals surface area contributed by atoms with Crippen molar-refractivity contribution in [3.63, 3.8) is 0 Å². The van der Waals surface area contributed by atoms with Crippen molar-refractivity contribution >= 4 is 23.4 Å². The van der Waals surface area contributed by atoms with Gasteiger partial charge in [-0.3, -0.25) is 9.48 Å². The van der Waals surface area contributed by atoms with E-state index in [2.05, 4.69) is 39.4 Å². The second-order valence-corrected chi connectivity index (χ2v) is 7.15. The number of thioether (sulfide) groups is 1. The number of hydrogen-bond acceptors (Lipinski definition) is 5. The van der Waals surface area contributed by atoms with Crippen molar-refractivity contribution in [1.82, 2.24) is 19.7 Å². The molecule has 0 radical (unpaired) electrons. The van der Waals surface area contributed by atoms with E-state index in [9.17, 15) is 4.79 Å². The van der Waals surface area contributed by atoms with E-state index in [1.54, 1.807) is 12.3 Å². The third-order valence-corrected chi connectivity index (χ3v) is 4.55.